The van der Waals surface area contributed by atoms with Crippen LogP contribution < -0.4 is 9.96 Å². The first-order valence-electron chi connectivity index (χ1n) is 9.97. The second kappa shape index (κ2) is 7.49. The van der Waals surface area contributed by atoms with E-state index in [2.05, 4.69) is 0 Å². The zero-order valence-electron chi connectivity index (χ0n) is 16.6. The summed E-state index contributed by atoms with van der Waals surface area (Å²) in [5.74, 6) is -1.95. The summed E-state index contributed by atoms with van der Waals surface area (Å²) >= 11 is 0. The number of rotatable bonds is 3. The first-order valence-corrected chi connectivity index (χ1v) is 9.97. The van der Waals surface area contributed by atoms with Crippen LogP contribution in [0.3, 0.4) is 0 Å². The summed E-state index contributed by atoms with van der Waals surface area (Å²) in [6, 6.07) is 21.8. The van der Waals surface area contributed by atoms with Crippen molar-refractivity contribution in [2.24, 2.45) is 5.92 Å². The number of carbonyl (C=O) groups is 2. The van der Waals surface area contributed by atoms with E-state index in [-0.39, 0.29) is 5.69 Å². The van der Waals surface area contributed by atoms with E-state index in [4.69, 9.17) is 4.84 Å². The fraction of sp³-hybridized carbons (Fsp3) is 0.167. The molecule has 3 aromatic rings. The van der Waals surface area contributed by atoms with Crippen LogP contribution in [-0.2, 0) is 20.6 Å². The lowest BCUT2D eigenvalue weighted by Crippen LogP contribution is -2.37. The predicted molar refractivity (Wildman–Crippen MR) is 110 cm³/mol. The molecule has 2 aliphatic heterocycles. The number of fused-ring (bicyclic) bond motifs is 1. The Hall–Kier alpha value is -3.65. The summed E-state index contributed by atoms with van der Waals surface area (Å²) in [6.07, 6.45) is -5.58. The highest BCUT2D eigenvalue weighted by molar-refractivity contribution is 6.23. The minimum absolute atomic E-state index is 0.0871. The Kier molecular flexibility index (Phi) is 4.74. The lowest BCUT2D eigenvalue weighted by Gasteiger charge is -2.28. The van der Waals surface area contributed by atoms with Gasteiger partial charge in [-0.25, -0.2) is 9.96 Å². The van der Waals surface area contributed by atoms with Gasteiger partial charge in [0.2, 0.25) is 5.91 Å². The number of amides is 2. The Morgan fingerprint density at radius 2 is 1.31 bits per heavy atom. The van der Waals surface area contributed by atoms with Crippen molar-refractivity contribution in [1.29, 1.82) is 0 Å². The lowest BCUT2D eigenvalue weighted by atomic mass is 9.90. The van der Waals surface area contributed by atoms with Crippen LogP contribution in [0.1, 0.15) is 17.2 Å². The summed E-state index contributed by atoms with van der Waals surface area (Å²) in [6.45, 7) is 0. The minimum atomic E-state index is -4.51. The van der Waals surface area contributed by atoms with Crippen molar-refractivity contribution in [1.82, 2.24) is 0 Å². The third-order valence-electron chi connectivity index (χ3n) is 5.72. The molecular formula is C24H17F3N2O3. The number of anilines is 2. The molecular weight excluding hydrogens is 421 g/mol. The molecule has 0 N–H and O–H groups in total. The molecule has 2 amide bonds. The molecule has 2 aliphatic rings. The van der Waals surface area contributed by atoms with Crippen molar-refractivity contribution in [3.63, 3.8) is 0 Å². The zero-order valence-corrected chi connectivity index (χ0v) is 16.6. The van der Waals surface area contributed by atoms with Crippen molar-refractivity contribution in [3.05, 3.63) is 96.1 Å². The van der Waals surface area contributed by atoms with E-state index < -0.39 is 41.6 Å². The van der Waals surface area contributed by atoms with Crippen LogP contribution in [0.4, 0.5) is 24.5 Å². The summed E-state index contributed by atoms with van der Waals surface area (Å²) in [7, 11) is 0. The van der Waals surface area contributed by atoms with Crippen LogP contribution in [0, 0.1) is 5.92 Å². The molecule has 3 atom stereocenters. The smallest absolute Gasteiger partial charge is 0.273 e. The number of halogens is 3. The third kappa shape index (κ3) is 3.23. The maximum Gasteiger partial charge on any atom is 0.416 e. The second-order valence-corrected chi connectivity index (χ2v) is 7.63. The van der Waals surface area contributed by atoms with E-state index in [0.717, 1.165) is 34.7 Å². The number of nitrogens with zero attached hydrogens (tertiary/aromatic N) is 2. The van der Waals surface area contributed by atoms with E-state index in [1.807, 2.05) is 60.7 Å². The lowest BCUT2D eigenvalue weighted by molar-refractivity contribution is -0.137. The number of benzene rings is 3. The largest absolute Gasteiger partial charge is 0.416 e. The SMILES string of the molecule is O=C1[C@@H]2[C@@H](ON(c3ccccc3)[C@H]2c2ccccc2)C(=O)N1c1ccc(C(F)(F)F)cc1. The first kappa shape index (κ1) is 20.3. The number of carbonyl (C=O) groups excluding carboxylic acids is 2. The molecule has 2 fully saturated rings. The zero-order chi connectivity index (χ0) is 22.5. The molecule has 2 saturated heterocycles. The van der Waals surface area contributed by atoms with Crippen molar-refractivity contribution < 1.29 is 27.6 Å². The summed E-state index contributed by atoms with van der Waals surface area (Å²) in [5, 5.41) is 1.57. The molecule has 2 heterocycles. The number of hydrogen-bond donors (Lipinski definition) is 0. The van der Waals surface area contributed by atoms with Crippen LogP contribution in [0.5, 0.6) is 0 Å². The van der Waals surface area contributed by atoms with Gasteiger partial charge in [-0.05, 0) is 42.0 Å². The second-order valence-electron chi connectivity index (χ2n) is 7.63. The van der Waals surface area contributed by atoms with Gasteiger partial charge in [-0.1, -0.05) is 48.5 Å². The molecule has 5 nitrogen and oxygen atoms in total. The maximum absolute atomic E-state index is 13.4. The van der Waals surface area contributed by atoms with Crippen LogP contribution in [-0.4, -0.2) is 17.9 Å². The molecule has 0 aliphatic carbocycles. The molecule has 0 unspecified atom stereocenters. The van der Waals surface area contributed by atoms with Crippen LogP contribution in [0.15, 0.2) is 84.9 Å². The first-order chi connectivity index (χ1) is 15.4. The Bertz CT molecular complexity index is 1150. The van der Waals surface area contributed by atoms with E-state index in [1.54, 1.807) is 5.06 Å². The average molecular weight is 438 g/mol. The standard InChI is InChI=1S/C24H17F3N2O3/c25-24(26,27)16-11-13-17(14-12-16)28-22(30)19-20(15-7-3-1-4-8-15)29(32-21(19)23(28)31)18-9-5-2-6-10-18/h1-14,19-21H/t19-,20-,21+/m0/s1. The van der Waals surface area contributed by atoms with Crippen molar-refractivity contribution in [2.75, 3.05) is 9.96 Å². The topological polar surface area (TPSA) is 49.9 Å². The highest BCUT2D eigenvalue weighted by Crippen LogP contribution is 2.47. The number of hydroxylamine groups is 1. The number of para-hydroxylation sites is 1. The molecule has 8 heteroatoms. The van der Waals surface area contributed by atoms with Gasteiger partial charge in [0.25, 0.3) is 5.91 Å². The molecule has 0 spiro atoms. The summed E-state index contributed by atoms with van der Waals surface area (Å²) in [5.41, 5.74) is 0.718. The molecule has 0 radical (unpaired) electrons. The highest BCUT2D eigenvalue weighted by Gasteiger charge is 2.60. The van der Waals surface area contributed by atoms with E-state index >= 15 is 0 Å². The van der Waals surface area contributed by atoms with Crippen LogP contribution >= 0.6 is 0 Å². The predicted octanol–water partition coefficient (Wildman–Crippen LogP) is 4.76. The van der Waals surface area contributed by atoms with Gasteiger partial charge in [0, 0.05) is 0 Å². The Balaban J connectivity index is 1.53. The number of alkyl halides is 3. The quantitative estimate of drug-likeness (QED) is 0.554. The van der Waals surface area contributed by atoms with E-state index in [0.29, 0.717) is 5.69 Å². The maximum atomic E-state index is 13.4. The van der Waals surface area contributed by atoms with Gasteiger partial charge in [-0.15, -0.1) is 0 Å². The minimum Gasteiger partial charge on any atom is -0.273 e. The Labute approximate surface area is 181 Å². The van der Waals surface area contributed by atoms with Gasteiger partial charge in [0.1, 0.15) is 5.92 Å². The molecule has 3 aromatic carbocycles. The van der Waals surface area contributed by atoms with Gasteiger partial charge >= 0.3 is 6.18 Å². The molecule has 0 bridgehead atoms. The van der Waals surface area contributed by atoms with Gasteiger partial charge in [-0.2, -0.15) is 13.2 Å². The van der Waals surface area contributed by atoms with E-state index in [9.17, 15) is 22.8 Å². The molecule has 0 aromatic heterocycles. The van der Waals surface area contributed by atoms with Gasteiger partial charge in [0.15, 0.2) is 6.10 Å². The number of hydrogen-bond acceptors (Lipinski definition) is 4. The monoisotopic (exact) mass is 438 g/mol. The molecule has 32 heavy (non-hydrogen) atoms. The van der Waals surface area contributed by atoms with Crippen molar-refractivity contribution >= 4 is 23.2 Å². The highest BCUT2D eigenvalue weighted by atomic mass is 19.4. The number of imide groups is 1. The summed E-state index contributed by atoms with van der Waals surface area (Å²) < 4.78 is 38.7. The normalized spacial score (nSPS) is 23.0. The van der Waals surface area contributed by atoms with E-state index in [1.165, 1.54) is 0 Å². The molecule has 5 rings (SSSR count). The Morgan fingerprint density at radius 3 is 1.91 bits per heavy atom. The molecule has 162 valence electrons. The Morgan fingerprint density at radius 1 is 0.719 bits per heavy atom. The van der Waals surface area contributed by atoms with Gasteiger partial charge in [0.05, 0.1) is 23.0 Å². The molecule has 0 saturated carbocycles. The van der Waals surface area contributed by atoms with Crippen molar-refractivity contribution in [3.8, 4) is 0 Å². The summed E-state index contributed by atoms with van der Waals surface area (Å²) in [4.78, 5) is 33.5. The average Bonchev–Trinajstić information content (AvgIpc) is 3.31. The van der Waals surface area contributed by atoms with Gasteiger partial charge in [-0.3, -0.25) is 14.4 Å². The fourth-order valence-corrected chi connectivity index (χ4v) is 4.26. The van der Waals surface area contributed by atoms with Crippen LogP contribution in [0.25, 0.3) is 0 Å². The third-order valence-corrected chi connectivity index (χ3v) is 5.72. The van der Waals surface area contributed by atoms with Crippen molar-refractivity contribution in [2.45, 2.75) is 18.3 Å². The van der Waals surface area contributed by atoms with Crippen LogP contribution in [0.2, 0.25) is 0 Å². The fourth-order valence-electron chi connectivity index (χ4n) is 4.26. The van der Waals surface area contributed by atoms with Gasteiger partial charge < -0.3 is 0 Å².